The first kappa shape index (κ1) is 20.0. The van der Waals surface area contributed by atoms with Crippen molar-refractivity contribution in [3.63, 3.8) is 0 Å². The summed E-state index contributed by atoms with van der Waals surface area (Å²) in [6.07, 6.45) is 1.09. The lowest BCUT2D eigenvalue weighted by molar-refractivity contribution is 0.0669. The van der Waals surface area contributed by atoms with Crippen LogP contribution in [0.15, 0.2) is 53.5 Å². The third-order valence-corrected chi connectivity index (χ3v) is 5.18. The van der Waals surface area contributed by atoms with Crippen molar-refractivity contribution in [1.82, 2.24) is 9.58 Å². The molecule has 4 rings (SSSR count). The number of nitrogens with zero attached hydrogens (tertiary/aromatic N) is 3. The maximum Gasteiger partial charge on any atom is 0.341 e. The van der Waals surface area contributed by atoms with Gasteiger partial charge in [-0.3, -0.25) is 19.3 Å². The Balaban J connectivity index is 1.72. The number of carbonyl (C=O) groups is 2. The van der Waals surface area contributed by atoms with Gasteiger partial charge in [0.25, 0.3) is 5.91 Å². The predicted molar refractivity (Wildman–Crippen MR) is 112 cm³/mol. The summed E-state index contributed by atoms with van der Waals surface area (Å²) in [5.41, 5.74) is 0.859. The van der Waals surface area contributed by atoms with Crippen LogP contribution in [-0.2, 0) is 6.54 Å². The maximum atomic E-state index is 12.7. The van der Waals surface area contributed by atoms with Crippen LogP contribution in [-0.4, -0.2) is 44.9 Å². The second kappa shape index (κ2) is 7.88. The summed E-state index contributed by atoms with van der Waals surface area (Å²) >= 11 is 0. The molecular weight excluding hydrogens is 398 g/mol. The van der Waals surface area contributed by atoms with E-state index in [9.17, 15) is 24.6 Å². The molecule has 0 atom stereocenters. The second-order valence-corrected chi connectivity index (χ2v) is 7.09. The maximum absolute atomic E-state index is 12.7. The van der Waals surface area contributed by atoms with Crippen molar-refractivity contribution in [1.29, 1.82) is 0 Å². The number of aromatic hydroxyl groups is 1. The smallest absolute Gasteiger partial charge is 0.341 e. The Morgan fingerprint density at radius 1 is 1.16 bits per heavy atom. The zero-order valence-electron chi connectivity index (χ0n) is 16.7. The minimum absolute atomic E-state index is 0.173. The number of carbonyl (C=O) groups excluding carboxylic acids is 1. The van der Waals surface area contributed by atoms with Crippen LogP contribution in [0.4, 0.5) is 0 Å². The van der Waals surface area contributed by atoms with E-state index in [1.165, 1.54) is 9.58 Å². The fourth-order valence-corrected chi connectivity index (χ4v) is 3.54. The number of carboxylic acids is 1. The van der Waals surface area contributed by atoms with Crippen LogP contribution >= 0.6 is 0 Å². The molecule has 1 aromatic heterocycles. The fourth-order valence-electron chi connectivity index (χ4n) is 3.54. The van der Waals surface area contributed by atoms with Gasteiger partial charge in [-0.05, 0) is 30.2 Å². The van der Waals surface area contributed by atoms with Gasteiger partial charge in [0.05, 0.1) is 6.54 Å². The number of benzene rings is 1. The Bertz CT molecular complexity index is 1200. The second-order valence-electron chi connectivity index (χ2n) is 7.09. The van der Waals surface area contributed by atoms with E-state index in [-0.39, 0.29) is 12.4 Å². The van der Waals surface area contributed by atoms with Crippen LogP contribution in [0.25, 0.3) is 11.1 Å². The minimum atomic E-state index is -1.47. The van der Waals surface area contributed by atoms with Crippen LogP contribution in [0.5, 0.6) is 5.75 Å². The molecule has 156 valence electrons. The highest BCUT2D eigenvalue weighted by atomic mass is 16.4. The van der Waals surface area contributed by atoms with Gasteiger partial charge in [0.1, 0.15) is 12.2 Å². The van der Waals surface area contributed by atoms with Gasteiger partial charge >= 0.3 is 5.97 Å². The van der Waals surface area contributed by atoms with E-state index < -0.39 is 28.6 Å². The lowest BCUT2D eigenvalue weighted by Crippen LogP contribution is -2.53. The Morgan fingerprint density at radius 2 is 1.90 bits per heavy atom. The molecule has 2 N–H and O–H groups in total. The minimum Gasteiger partial charge on any atom is -0.502 e. The van der Waals surface area contributed by atoms with Crippen molar-refractivity contribution < 1.29 is 19.8 Å². The van der Waals surface area contributed by atoms with Crippen molar-refractivity contribution >= 4 is 11.9 Å². The molecule has 31 heavy (non-hydrogen) atoms. The predicted octanol–water partition coefficient (Wildman–Crippen LogP) is 2.09. The summed E-state index contributed by atoms with van der Waals surface area (Å²) < 4.78 is 1.27. The molecule has 8 nitrogen and oxygen atoms in total. The van der Waals surface area contributed by atoms with Gasteiger partial charge in [-0.1, -0.05) is 42.5 Å². The summed E-state index contributed by atoms with van der Waals surface area (Å²) in [5, 5.41) is 21.4. The molecule has 0 radical (unpaired) electrons. The Kier molecular flexibility index (Phi) is 5.09. The quantitative estimate of drug-likeness (QED) is 0.659. The number of pyridine rings is 1. The largest absolute Gasteiger partial charge is 0.502 e. The monoisotopic (exact) mass is 417 g/mol. The van der Waals surface area contributed by atoms with Gasteiger partial charge < -0.3 is 15.1 Å². The number of amides is 1. The summed E-state index contributed by atoms with van der Waals surface area (Å²) in [5.74, 6) is -2.86. The molecule has 1 amide bonds. The molecule has 2 aromatic carbocycles. The number of fused-ring (bicyclic) bond motifs is 1. The summed E-state index contributed by atoms with van der Waals surface area (Å²) in [6, 6.07) is 19.3. The molecule has 0 spiro atoms. The number of rotatable bonds is 5. The van der Waals surface area contributed by atoms with Gasteiger partial charge in [-0.25, -0.2) is 4.79 Å². The number of aromatic carboxylic acids is 1. The number of aromatic nitrogens is 1. The van der Waals surface area contributed by atoms with Crippen molar-refractivity contribution in [2.45, 2.75) is 13.5 Å². The molecule has 0 bridgehead atoms. The average molecular weight is 417 g/mol. The highest BCUT2D eigenvalue weighted by Gasteiger charge is 2.33. The molecule has 8 heteroatoms. The number of carboxylic acid groups (broad SMARTS) is 1. The first-order valence-electron chi connectivity index (χ1n) is 9.64. The molecule has 3 aromatic rings. The highest BCUT2D eigenvalue weighted by Crippen LogP contribution is 2.23. The van der Waals surface area contributed by atoms with Crippen LogP contribution in [0, 0.1) is 12.1 Å². The summed E-state index contributed by atoms with van der Waals surface area (Å²) in [6.45, 7) is 2.65. The van der Waals surface area contributed by atoms with Crippen LogP contribution in [0.3, 0.4) is 0 Å². The average Bonchev–Trinajstić information content (AvgIpc) is 2.78. The van der Waals surface area contributed by atoms with Gasteiger partial charge in [-0.15, -0.1) is 0 Å². The van der Waals surface area contributed by atoms with Crippen molar-refractivity contribution in [2.75, 3.05) is 18.2 Å². The van der Waals surface area contributed by atoms with Gasteiger partial charge in [0.15, 0.2) is 11.4 Å². The molecule has 1 aliphatic heterocycles. The van der Waals surface area contributed by atoms with E-state index in [4.69, 9.17) is 0 Å². The normalized spacial score (nSPS) is 13.0. The van der Waals surface area contributed by atoms with E-state index in [1.54, 1.807) is 18.0 Å². The van der Waals surface area contributed by atoms with E-state index in [0.29, 0.717) is 13.1 Å². The molecule has 0 fully saturated rings. The first-order chi connectivity index (χ1) is 14.9. The van der Waals surface area contributed by atoms with Crippen molar-refractivity contribution in [3.05, 3.63) is 87.8 Å². The van der Waals surface area contributed by atoms with Gasteiger partial charge in [0.2, 0.25) is 5.43 Å². The number of hydrogen-bond acceptors (Lipinski definition) is 5. The third-order valence-electron chi connectivity index (χ3n) is 5.18. The molecule has 2 heterocycles. The molecule has 1 aliphatic rings. The van der Waals surface area contributed by atoms with Gasteiger partial charge in [-0.2, -0.15) is 0 Å². The van der Waals surface area contributed by atoms with Crippen LogP contribution in [0.1, 0.15) is 33.3 Å². The van der Waals surface area contributed by atoms with Gasteiger partial charge in [0, 0.05) is 18.3 Å². The van der Waals surface area contributed by atoms with E-state index in [2.05, 4.69) is 12.1 Å². The van der Waals surface area contributed by atoms with Crippen molar-refractivity contribution in [2.24, 2.45) is 0 Å². The SMILES string of the molecule is CCN1CN(Cc2ccc(-c3c#cccc3)cc2)n2cc(C(=O)O)c(=O)c(O)c2C1=O. The van der Waals surface area contributed by atoms with E-state index in [0.717, 1.165) is 22.9 Å². The standard InChI is InChI=1S/C23H19N3O5/c1-2-24-14-25(12-15-8-10-17(11-9-15)16-6-4-3-5-7-16)26-13-18(23(30)31)20(27)21(28)19(26)22(24)29/h3-4,6,8-11,13,28H,2,12,14H2,1H3,(H,30,31). The summed E-state index contributed by atoms with van der Waals surface area (Å²) in [4.78, 5) is 37.9. The van der Waals surface area contributed by atoms with Crippen molar-refractivity contribution in [3.8, 4) is 16.9 Å². The van der Waals surface area contributed by atoms with E-state index >= 15 is 0 Å². The molecular formula is C23H19N3O5. The molecule has 0 aliphatic carbocycles. The number of hydrogen-bond donors (Lipinski definition) is 2. The Hall–Kier alpha value is -4.25. The Morgan fingerprint density at radius 3 is 2.52 bits per heavy atom. The molecule has 0 unspecified atom stereocenters. The van der Waals surface area contributed by atoms with Crippen LogP contribution < -0.4 is 10.4 Å². The zero-order chi connectivity index (χ0) is 22.1. The van der Waals surface area contributed by atoms with E-state index in [1.807, 2.05) is 36.4 Å². The van der Waals surface area contributed by atoms with Crippen LogP contribution in [0.2, 0.25) is 0 Å². The lowest BCUT2D eigenvalue weighted by atomic mass is 10.1. The third kappa shape index (κ3) is 3.57. The fraction of sp³-hybridized carbons (Fsp3) is 0.174. The highest BCUT2D eigenvalue weighted by molar-refractivity contribution is 5.97. The lowest BCUT2D eigenvalue weighted by Gasteiger charge is -2.39. The first-order valence-corrected chi connectivity index (χ1v) is 9.64. The molecule has 0 saturated heterocycles. The Labute approximate surface area is 178 Å². The summed E-state index contributed by atoms with van der Waals surface area (Å²) in [7, 11) is 0. The topological polar surface area (TPSA) is 103 Å². The zero-order valence-corrected chi connectivity index (χ0v) is 16.7. The molecule has 0 saturated carbocycles.